The third-order valence-electron chi connectivity index (χ3n) is 5.25. The smallest absolute Gasteiger partial charge is 0.416 e. The van der Waals surface area contributed by atoms with Crippen LogP contribution in [0.1, 0.15) is 41.9 Å². The summed E-state index contributed by atoms with van der Waals surface area (Å²) in [5.41, 5.74) is 7.01. The normalized spacial score (nSPS) is 22.8. The number of nitrogens with two attached hydrogens (primary N) is 1. The van der Waals surface area contributed by atoms with Crippen molar-refractivity contribution >= 4 is 0 Å². The molecular weight excluding hydrogens is 355 g/mol. The predicted molar refractivity (Wildman–Crippen MR) is 97.7 cm³/mol. The van der Waals surface area contributed by atoms with Crippen LogP contribution in [0.15, 0.2) is 48.5 Å². The van der Waals surface area contributed by atoms with Crippen molar-refractivity contribution in [3.8, 4) is 5.75 Å². The maximum Gasteiger partial charge on any atom is 0.416 e. The van der Waals surface area contributed by atoms with Crippen molar-refractivity contribution < 1.29 is 23.0 Å². The highest BCUT2D eigenvalue weighted by Gasteiger charge is 2.35. The molecule has 0 spiro atoms. The minimum atomic E-state index is -4.31. The van der Waals surface area contributed by atoms with E-state index in [0.717, 1.165) is 42.7 Å². The summed E-state index contributed by atoms with van der Waals surface area (Å²) in [5.74, 6) is 1.08. The van der Waals surface area contributed by atoms with Gasteiger partial charge in [0.05, 0.1) is 18.8 Å². The summed E-state index contributed by atoms with van der Waals surface area (Å²) in [6.07, 6.45) is -1.21. The van der Waals surface area contributed by atoms with Gasteiger partial charge in [-0.1, -0.05) is 24.3 Å². The van der Waals surface area contributed by atoms with Crippen LogP contribution < -0.4 is 10.5 Å². The summed E-state index contributed by atoms with van der Waals surface area (Å²) in [7, 11) is 0. The number of rotatable bonds is 6. The molecule has 2 atom stereocenters. The van der Waals surface area contributed by atoms with Gasteiger partial charge in [0.25, 0.3) is 0 Å². The Morgan fingerprint density at radius 3 is 2.30 bits per heavy atom. The number of ether oxygens (including phenoxy) is 1. The maximum absolute atomic E-state index is 12.6. The molecule has 1 aliphatic rings. The average Bonchev–Trinajstić information content (AvgIpc) is 3.05. The highest BCUT2D eigenvalue weighted by Crippen LogP contribution is 2.39. The average molecular weight is 379 g/mol. The zero-order valence-corrected chi connectivity index (χ0v) is 15.0. The summed E-state index contributed by atoms with van der Waals surface area (Å²) in [4.78, 5) is 0. The standard InChI is InChI=1S/C21H24F3NO2/c22-21(23,24)18-5-1-15(2-6-18)10-12-27-19-7-3-16(4-8-19)17-9-11-20(25,13-17)14-26/h1-8,17,26H,9-14,25H2/t17-,20-/m1/s1. The lowest BCUT2D eigenvalue weighted by Gasteiger charge is -2.21. The van der Waals surface area contributed by atoms with Crippen molar-refractivity contribution in [2.45, 2.75) is 43.3 Å². The van der Waals surface area contributed by atoms with Crippen molar-refractivity contribution in [3.63, 3.8) is 0 Å². The van der Waals surface area contributed by atoms with Crippen LogP contribution in [0.5, 0.6) is 5.75 Å². The van der Waals surface area contributed by atoms with Crippen molar-refractivity contribution in [3.05, 3.63) is 65.2 Å². The Morgan fingerprint density at radius 2 is 1.74 bits per heavy atom. The van der Waals surface area contributed by atoms with Crippen LogP contribution in [0.4, 0.5) is 13.2 Å². The van der Waals surface area contributed by atoms with Crippen molar-refractivity contribution in [2.75, 3.05) is 13.2 Å². The minimum Gasteiger partial charge on any atom is -0.493 e. The molecule has 3 rings (SSSR count). The summed E-state index contributed by atoms with van der Waals surface area (Å²) in [6.45, 7) is 0.402. The highest BCUT2D eigenvalue weighted by atomic mass is 19.4. The molecule has 0 saturated heterocycles. The van der Waals surface area contributed by atoms with Gasteiger partial charge in [0.2, 0.25) is 0 Å². The Bertz CT molecular complexity index is 744. The molecule has 0 unspecified atom stereocenters. The lowest BCUT2D eigenvalue weighted by atomic mass is 9.94. The van der Waals surface area contributed by atoms with E-state index in [1.54, 1.807) is 0 Å². The van der Waals surface area contributed by atoms with Crippen LogP contribution in [0.2, 0.25) is 0 Å². The number of aliphatic hydroxyl groups excluding tert-OH is 1. The van der Waals surface area contributed by atoms with Gasteiger partial charge in [-0.15, -0.1) is 0 Å². The SMILES string of the molecule is N[C@]1(CO)CC[C@@H](c2ccc(OCCc3ccc(C(F)(F)F)cc3)cc2)C1. The summed E-state index contributed by atoms with van der Waals surface area (Å²) in [6, 6.07) is 13.0. The first-order chi connectivity index (χ1) is 12.8. The molecule has 0 radical (unpaired) electrons. The Balaban J connectivity index is 1.49. The van der Waals surface area contributed by atoms with E-state index in [-0.39, 0.29) is 6.61 Å². The van der Waals surface area contributed by atoms with E-state index in [1.807, 2.05) is 24.3 Å². The molecule has 2 aromatic rings. The van der Waals surface area contributed by atoms with E-state index in [9.17, 15) is 18.3 Å². The molecule has 2 aromatic carbocycles. The predicted octanol–water partition coefficient (Wildman–Crippen LogP) is 4.28. The summed E-state index contributed by atoms with van der Waals surface area (Å²) >= 11 is 0. The number of benzene rings is 2. The van der Waals surface area contributed by atoms with Gasteiger partial charge in [-0.25, -0.2) is 0 Å². The Kier molecular flexibility index (Phi) is 5.77. The number of hydrogen-bond acceptors (Lipinski definition) is 3. The van der Waals surface area contributed by atoms with Gasteiger partial charge in [0, 0.05) is 12.0 Å². The monoisotopic (exact) mass is 379 g/mol. The van der Waals surface area contributed by atoms with Crippen LogP contribution in [-0.4, -0.2) is 23.9 Å². The first-order valence-corrected chi connectivity index (χ1v) is 9.08. The fraction of sp³-hybridized carbons (Fsp3) is 0.429. The Morgan fingerprint density at radius 1 is 1.07 bits per heavy atom. The van der Waals surface area contributed by atoms with E-state index in [4.69, 9.17) is 10.5 Å². The van der Waals surface area contributed by atoms with Gasteiger partial charge >= 0.3 is 6.18 Å². The van der Waals surface area contributed by atoms with E-state index in [1.165, 1.54) is 17.7 Å². The molecule has 0 aliphatic heterocycles. The second kappa shape index (κ2) is 7.90. The van der Waals surface area contributed by atoms with Crippen LogP contribution in [0, 0.1) is 0 Å². The van der Waals surface area contributed by atoms with Crippen molar-refractivity contribution in [2.24, 2.45) is 5.73 Å². The molecule has 0 amide bonds. The van der Waals surface area contributed by atoms with Gasteiger partial charge in [-0.05, 0) is 60.6 Å². The third kappa shape index (κ3) is 5.02. The Labute approximate surface area is 157 Å². The molecule has 0 bridgehead atoms. The van der Waals surface area contributed by atoms with E-state index >= 15 is 0 Å². The summed E-state index contributed by atoms with van der Waals surface area (Å²) < 4.78 is 43.4. The number of halogens is 3. The molecule has 3 nitrogen and oxygen atoms in total. The molecule has 1 aliphatic carbocycles. The van der Waals surface area contributed by atoms with Crippen LogP contribution in [0.25, 0.3) is 0 Å². The largest absolute Gasteiger partial charge is 0.493 e. The third-order valence-corrected chi connectivity index (χ3v) is 5.25. The van der Waals surface area contributed by atoms with Crippen LogP contribution in [-0.2, 0) is 12.6 Å². The van der Waals surface area contributed by atoms with Gasteiger partial charge in [-0.2, -0.15) is 13.2 Å². The van der Waals surface area contributed by atoms with Crippen LogP contribution in [0.3, 0.4) is 0 Å². The fourth-order valence-electron chi connectivity index (χ4n) is 3.57. The second-order valence-electron chi connectivity index (χ2n) is 7.32. The van der Waals surface area contributed by atoms with Crippen molar-refractivity contribution in [1.29, 1.82) is 0 Å². The Hall–Kier alpha value is -2.05. The topological polar surface area (TPSA) is 55.5 Å². The molecule has 1 fully saturated rings. The zero-order chi connectivity index (χ0) is 19.5. The highest BCUT2D eigenvalue weighted by molar-refractivity contribution is 5.31. The lowest BCUT2D eigenvalue weighted by molar-refractivity contribution is -0.137. The number of aliphatic hydroxyl groups is 1. The minimum absolute atomic E-state index is 0.00858. The van der Waals surface area contributed by atoms with Gasteiger partial charge in [0.1, 0.15) is 5.75 Å². The van der Waals surface area contributed by atoms with E-state index in [2.05, 4.69) is 0 Å². The first kappa shape index (κ1) is 19.7. The molecule has 0 aromatic heterocycles. The molecule has 6 heteroatoms. The van der Waals surface area contributed by atoms with Gasteiger partial charge in [-0.3, -0.25) is 0 Å². The number of alkyl halides is 3. The second-order valence-corrected chi connectivity index (χ2v) is 7.32. The lowest BCUT2D eigenvalue weighted by Crippen LogP contribution is -2.40. The molecule has 1 saturated carbocycles. The van der Waals surface area contributed by atoms with Gasteiger partial charge < -0.3 is 15.6 Å². The van der Waals surface area contributed by atoms with E-state index in [0.29, 0.717) is 18.9 Å². The van der Waals surface area contributed by atoms with Gasteiger partial charge in [0.15, 0.2) is 0 Å². The maximum atomic E-state index is 12.6. The quantitative estimate of drug-likeness (QED) is 0.788. The van der Waals surface area contributed by atoms with Crippen LogP contribution >= 0.6 is 0 Å². The number of hydrogen-bond donors (Lipinski definition) is 2. The van der Waals surface area contributed by atoms with Crippen molar-refractivity contribution in [1.82, 2.24) is 0 Å². The first-order valence-electron chi connectivity index (χ1n) is 9.08. The summed E-state index contributed by atoms with van der Waals surface area (Å²) in [5, 5.41) is 9.38. The zero-order valence-electron chi connectivity index (χ0n) is 15.0. The molecule has 0 heterocycles. The molecule has 146 valence electrons. The molecule has 27 heavy (non-hydrogen) atoms. The fourth-order valence-corrected chi connectivity index (χ4v) is 3.57. The molecular formula is C21H24F3NO2. The van der Waals surface area contributed by atoms with E-state index < -0.39 is 17.3 Å². The molecule has 3 N–H and O–H groups in total.